The highest BCUT2D eigenvalue weighted by Crippen LogP contribution is 2.21. The van der Waals surface area contributed by atoms with Gasteiger partial charge in [0, 0.05) is 0 Å². The standard InChI is InChI=1S/C10H14O5S/c1-7(2)15-9-5-3-8(4-6-9)10(11)16(12,13)14/h3-7,10-11H,1-2H3,(H,12,13,14)/p-1/t10-/m0/s1. The Morgan fingerprint density at radius 3 is 2.12 bits per heavy atom. The average molecular weight is 245 g/mol. The van der Waals surface area contributed by atoms with Crippen LogP contribution in [0.25, 0.3) is 0 Å². The predicted molar refractivity (Wildman–Crippen MR) is 56.9 cm³/mol. The second-order valence-electron chi connectivity index (χ2n) is 3.58. The van der Waals surface area contributed by atoms with Gasteiger partial charge in [-0.3, -0.25) is 0 Å². The van der Waals surface area contributed by atoms with E-state index in [2.05, 4.69) is 0 Å². The monoisotopic (exact) mass is 245 g/mol. The molecule has 0 aliphatic heterocycles. The van der Waals surface area contributed by atoms with E-state index >= 15 is 0 Å². The minimum Gasteiger partial charge on any atom is -0.746 e. The lowest BCUT2D eigenvalue weighted by Crippen LogP contribution is -2.11. The van der Waals surface area contributed by atoms with Crippen molar-refractivity contribution in [3.8, 4) is 5.75 Å². The van der Waals surface area contributed by atoms with Crippen LogP contribution in [0.4, 0.5) is 0 Å². The van der Waals surface area contributed by atoms with E-state index in [1.165, 1.54) is 24.3 Å². The van der Waals surface area contributed by atoms with Gasteiger partial charge in [-0.05, 0) is 31.5 Å². The highest BCUT2D eigenvalue weighted by Gasteiger charge is 2.14. The first-order valence-electron chi connectivity index (χ1n) is 4.70. The van der Waals surface area contributed by atoms with Crippen LogP contribution in [-0.2, 0) is 10.1 Å². The number of aliphatic hydroxyl groups is 1. The maximum absolute atomic E-state index is 10.6. The molecule has 0 saturated carbocycles. The molecule has 0 aliphatic rings. The van der Waals surface area contributed by atoms with E-state index in [0.717, 1.165) is 0 Å². The molecule has 0 radical (unpaired) electrons. The lowest BCUT2D eigenvalue weighted by Gasteiger charge is -2.16. The number of hydrogen-bond acceptors (Lipinski definition) is 5. The zero-order chi connectivity index (χ0) is 12.3. The van der Waals surface area contributed by atoms with Gasteiger partial charge in [0.05, 0.1) is 6.10 Å². The summed E-state index contributed by atoms with van der Waals surface area (Å²) < 4.78 is 37.0. The summed E-state index contributed by atoms with van der Waals surface area (Å²) >= 11 is 0. The van der Waals surface area contributed by atoms with Crippen molar-refractivity contribution in [3.63, 3.8) is 0 Å². The van der Waals surface area contributed by atoms with Crippen LogP contribution < -0.4 is 4.74 Å². The Kier molecular flexibility index (Phi) is 3.90. The summed E-state index contributed by atoms with van der Waals surface area (Å²) in [6, 6.07) is 5.70. The van der Waals surface area contributed by atoms with Crippen molar-refractivity contribution in [2.45, 2.75) is 25.4 Å². The molecule has 5 nitrogen and oxygen atoms in total. The molecule has 0 heterocycles. The minimum atomic E-state index is -4.73. The number of rotatable bonds is 4. The Morgan fingerprint density at radius 1 is 1.25 bits per heavy atom. The summed E-state index contributed by atoms with van der Waals surface area (Å²) in [7, 11) is -4.73. The van der Waals surface area contributed by atoms with E-state index in [9.17, 15) is 18.1 Å². The molecule has 0 unspecified atom stereocenters. The average Bonchev–Trinajstić information content (AvgIpc) is 2.15. The van der Waals surface area contributed by atoms with Gasteiger partial charge in [0.2, 0.25) is 0 Å². The summed E-state index contributed by atoms with van der Waals surface area (Å²) in [5, 5.41) is 9.19. The normalized spacial score (nSPS) is 13.8. The second-order valence-corrected chi connectivity index (χ2v) is 5.01. The van der Waals surface area contributed by atoms with Gasteiger partial charge >= 0.3 is 0 Å². The smallest absolute Gasteiger partial charge is 0.168 e. The Bertz CT molecular complexity index is 435. The van der Waals surface area contributed by atoms with E-state index in [-0.39, 0.29) is 11.7 Å². The molecule has 0 saturated heterocycles. The molecular formula is C10H13O5S-. The molecule has 1 aromatic rings. The highest BCUT2D eigenvalue weighted by molar-refractivity contribution is 7.85. The fourth-order valence-corrected chi connectivity index (χ4v) is 1.64. The van der Waals surface area contributed by atoms with Gasteiger partial charge in [0.1, 0.15) is 15.9 Å². The quantitative estimate of drug-likeness (QED) is 0.800. The first kappa shape index (κ1) is 13.0. The van der Waals surface area contributed by atoms with Crippen molar-refractivity contribution in [2.24, 2.45) is 0 Å². The molecule has 1 aromatic carbocycles. The van der Waals surface area contributed by atoms with Gasteiger partial charge in [-0.25, -0.2) is 8.42 Å². The van der Waals surface area contributed by atoms with Gasteiger partial charge in [-0.2, -0.15) is 0 Å². The molecule has 0 fully saturated rings. The molecule has 90 valence electrons. The van der Waals surface area contributed by atoms with Crippen molar-refractivity contribution in [1.29, 1.82) is 0 Å². The second kappa shape index (κ2) is 4.82. The molecule has 1 atom stereocenters. The van der Waals surface area contributed by atoms with Crippen LogP contribution in [0, 0.1) is 0 Å². The summed E-state index contributed by atoms with van der Waals surface area (Å²) in [5.41, 5.74) is -1.99. The molecule has 0 aliphatic carbocycles. The van der Waals surface area contributed by atoms with E-state index in [1.54, 1.807) is 0 Å². The van der Waals surface area contributed by atoms with E-state index in [1.807, 2.05) is 13.8 Å². The fourth-order valence-electron chi connectivity index (χ4n) is 1.15. The topological polar surface area (TPSA) is 86.7 Å². The largest absolute Gasteiger partial charge is 0.746 e. The Labute approximate surface area is 94.4 Å². The third-order valence-corrected chi connectivity index (χ3v) is 2.63. The lowest BCUT2D eigenvalue weighted by atomic mass is 10.2. The van der Waals surface area contributed by atoms with Crippen LogP contribution in [0.2, 0.25) is 0 Å². The molecular weight excluding hydrogens is 232 g/mol. The Hall–Kier alpha value is -1.11. The van der Waals surface area contributed by atoms with Crippen LogP contribution >= 0.6 is 0 Å². The molecule has 0 spiro atoms. The SMILES string of the molecule is CC(C)Oc1ccc([C@@H](O)S(=O)(=O)[O-])cc1. The van der Waals surface area contributed by atoms with E-state index in [4.69, 9.17) is 4.74 Å². The number of ether oxygens (including phenoxy) is 1. The zero-order valence-corrected chi connectivity index (χ0v) is 9.77. The zero-order valence-electron chi connectivity index (χ0n) is 8.95. The fraction of sp³-hybridized carbons (Fsp3) is 0.400. The van der Waals surface area contributed by atoms with Crippen molar-refractivity contribution < 1.29 is 22.8 Å². The molecule has 6 heteroatoms. The number of hydrogen-bond donors (Lipinski definition) is 1. The predicted octanol–water partition coefficient (Wildman–Crippen LogP) is 1.01. The number of aliphatic hydroxyl groups excluding tert-OH is 1. The molecule has 0 amide bonds. The van der Waals surface area contributed by atoms with Gasteiger partial charge in [-0.1, -0.05) is 12.1 Å². The minimum absolute atomic E-state index is 0.000912. The summed E-state index contributed by atoms with van der Waals surface area (Å²) in [6.07, 6.45) is -0.000912. The van der Waals surface area contributed by atoms with Crippen molar-refractivity contribution >= 4 is 10.1 Å². The first-order valence-corrected chi connectivity index (χ1v) is 6.17. The van der Waals surface area contributed by atoms with Crippen LogP contribution in [0.5, 0.6) is 5.75 Å². The van der Waals surface area contributed by atoms with Crippen LogP contribution in [0.1, 0.15) is 24.8 Å². The maximum atomic E-state index is 10.6. The molecule has 0 bridgehead atoms. The molecule has 1 N–H and O–H groups in total. The van der Waals surface area contributed by atoms with Crippen molar-refractivity contribution in [3.05, 3.63) is 29.8 Å². The third-order valence-electron chi connectivity index (χ3n) is 1.81. The first-order chi connectivity index (χ1) is 7.30. The van der Waals surface area contributed by atoms with Gasteiger partial charge in [-0.15, -0.1) is 0 Å². The molecule has 0 aromatic heterocycles. The Morgan fingerprint density at radius 2 is 1.75 bits per heavy atom. The molecule has 16 heavy (non-hydrogen) atoms. The van der Waals surface area contributed by atoms with E-state index in [0.29, 0.717) is 5.75 Å². The summed E-state index contributed by atoms with van der Waals surface area (Å²) in [5.74, 6) is 0.550. The van der Waals surface area contributed by atoms with Gasteiger partial charge in [0.15, 0.2) is 5.44 Å². The van der Waals surface area contributed by atoms with Crippen LogP contribution in [0.3, 0.4) is 0 Å². The van der Waals surface area contributed by atoms with Crippen molar-refractivity contribution in [1.82, 2.24) is 0 Å². The van der Waals surface area contributed by atoms with Gasteiger partial charge in [0.25, 0.3) is 0 Å². The van der Waals surface area contributed by atoms with Crippen molar-refractivity contribution in [2.75, 3.05) is 0 Å². The lowest BCUT2D eigenvalue weighted by molar-refractivity contribution is 0.233. The van der Waals surface area contributed by atoms with E-state index < -0.39 is 15.6 Å². The highest BCUT2D eigenvalue weighted by atomic mass is 32.2. The maximum Gasteiger partial charge on any atom is 0.168 e. The Balaban J connectivity index is 2.87. The van der Waals surface area contributed by atoms with Crippen LogP contribution in [-0.4, -0.2) is 24.2 Å². The van der Waals surface area contributed by atoms with Gasteiger partial charge < -0.3 is 14.4 Å². The number of benzene rings is 1. The third kappa shape index (κ3) is 3.48. The molecule has 1 rings (SSSR count). The summed E-state index contributed by atoms with van der Waals surface area (Å²) in [4.78, 5) is 0. The van der Waals surface area contributed by atoms with Crippen LogP contribution in [0.15, 0.2) is 24.3 Å². The summed E-state index contributed by atoms with van der Waals surface area (Å²) in [6.45, 7) is 3.70.